The minimum absolute atomic E-state index is 0.0735. The van der Waals surface area contributed by atoms with Crippen LogP contribution in [0.25, 0.3) is 5.69 Å². The number of nitrogens with one attached hydrogen (secondary N) is 2. The van der Waals surface area contributed by atoms with Crippen LogP contribution in [-0.2, 0) is 11.3 Å². The number of nitrogens with zero attached hydrogens (tertiary/aromatic N) is 2. The Bertz CT molecular complexity index is 972. The average Bonchev–Trinajstić information content (AvgIpc) is 3.02. The average molecular weight is 414 g/mol. The molecule has 1 heterocycles. The summed E-state index contributed by atoms with van der Waals surface area (Å²) in [4.78, 5) is 13.7. The maximum Gasteiger partial charge on any atom is 0.279 e. The van der Waals surface area contributed by atoms with Gasteiger partial charge in [0.1, 0.15) is 17.4 Å². The fraction of sp³-hybridized carbons (Fsp3) is 0.273. The van der Waals surface area contributed by atoms with E-state index < -0.39 is 0 Å². The quantitative estimate of drug-likeness (QED) is 0.597. The first-order valence-electron chi connectivity index (χ1n) is 9.59. The lowest BCUT2D eigenvalue weighted by atomic mass is 10.2. The molecule has 0 saturated heterocycles. The number of halogens is 1. The SMILES string of the molecule is CC[NH+](CC(=O)Nc1ccccc1OC)Cc1c(C)nn(-c2ccccc2)c1Cl. The second-order valence-corrected chi connectivity index (χ2v) is 7.17. The van der Waals surface area contributed by atoms with Crippen LogP contribution in [-0.4, -0.2) is 35.9 Å². The van der Waals surface area contributed by atoms with Crippen LogP contribution in [0.3, 0.4) is 0 Å². The van der Waals surface area contributed by atoms with Crippen molar-refractivity contribution in [3.63, 3.8) is 0 Å². The summed E-state index contributed by atoms with van der Waals surface area (Å²) in [7, 11) is 1.59. The molecule has 0 bridgehead atoms. The topological polar surface area (TPSA) is 60.6 Å². The van der Waals surface area contributed by atoms with E-state index in [9.17, 15) is 4.79 Å². The van der Waals surface area contributed by atoms with Gasteiger partial charge in [0.15, 0.2) is 6.54 Å². The molecule has 2 aromatic carbocycles. The lowest BCUT2D eigenvalue weighted by Gasteiger charge is -2.18. The van der Waals surface area contributed by atoms with E-state index in [4.69, 9.17) is 16.3 Å². The number of likely N-dealkylation sites (N-methyl/N-ethyl adjacent to an activating group) is 1. The number of amides is 1. The van der Waals surface area contributed by atoms with Gasteiger partial charge in [-0.3, -0.25) is 4.79 Å². The molecule has 1 atom stereocenters. The van der Waals surface area contributed by atoms with Crippen molar-refractivity contribution in [1.82, 2.24) is 9.78 Å². The van der Waals surface area contributed by atoms with E-state index in [0.717, 1.165) is 28.4 Å². The summed E-state index contributed by atoms with van der Waals surface area (Å²) in [5.41, 5.74) is 3.41. The fourth-order valence-corrected chi connectivity index (χ4v) is 3.54. The van der Waals surface area contributed by atoms with E-state index in [0.29, 0.717) is 29.7 Å². The standard InChI is InChI=1S/C22H25ClN4O2/c1-4-26(15-21(28)24-19-12-8-9-13-20(19)29-3)14-18-16(2)25-27(22(18)23)17-10-6-5-7-11-17/h5-13H,4,14-15H2,1-3H3,(H,24,28)/p+1. The van der Waals surface area contributed by atoms with Crippen molar-refractivity contribution in [3.05, 3.63) is 71.0 Å². The smallest absolute Gasteiger partial charge is 0.279 e. The lowest BCUT2D eigenvalue weighted by molar-refractivity contribution is -0.903. The number of ether oxygens (including phenoxy) is 1. The number of hydrogen-bond acceptors (Lipinski definition) is 3. The van der Waals surface area contributed by atoms with Crippen LogP contribution in [0, 0.1) is 6.92 Å². The molecule has 0 saturated carbocycles. The van der Waals surface area contributed by atoms with E-state index in [1.807, 2.05) is 61.5 Å². The summed E-state index contributed by atoms with van der Waals surface area (Å²) in [5, 5.41) is 8.11. The Morgan fingerprint density at radius 1 is 1.17 bits per heavy atom. The summed E-state index contributed by atoms with van der Waals surface area (Å²) >= 11 is 6.64. The third kappa shape index (κ3) is 4.96. The number of hydrogen-bond donors (Lipinski definition) is 2. The van der Waals surface area contributed by atoms with Crippen molar-refractivity contribution >= 4 is 23.2 Å². The van der Waals surface area contributed by atoms with Crippen molar-refractivity contribution in [2.24, 2.45) is 0 Å². The minimum Gasteiger partial charge on any atom is -0.495 e. The zero-order valence-electron chi connectivity index (χ0n) is 16.9. The molecule has 7 heteroatoms. The zero-order valence-corrected chi connectivity index (χ0v) is 17.7. The van der Waals surface area contributed by atoms with Gasteiger partial charge in [-0.1, -0.05) is 41.9 Å². The number of anilines is 1. The molecule has 1 aromatic heterocycles. The van der Waals surface area contributed by atoms with Crippen LogP contribution in [0.2, 0.25) is 5.15 Å². The van der Waals surface area contributed by atoms with Crippen LogP contribution in [0.15, 0.2) is 54.6 Å². The number of aryl methyl sites for hydroxylation is 1. The second-order valence-electron chi connectivity index (χ2n) is 6.81. The van der Waals surface area contributed by atoms with Crippen LogP contribution < -0.4 is 15.0 Å². The third-order valence-electron chi connectivity index (χ3n) is 4.84. The number of aromatic nitrogens is 2. The highest BCUT2D eigenvalue weighted by atomic mass is 35.5. The van der Waals surface area contributed by atoms with E-state index >= 15 is 0 Å². The summed E-state index contributed by atoms with van der Waals surface area (Å²) < 4.78 is 7.04. The molecule has 3 rings (SSSR count). The molecule has 0 fully saturated rings. The number of carbonyl (C=O) groups excluding carboxylic acids is 1. The van der Waals surface area contributed by atoms with Crippen molar-refractivity contribution in [2.45, 2.75) is 20.4 Å². The van der Waals surface area contributed by atoms with Crippen molar-refractivity contribution in [3.8, 4) is 11.4 Å². The van der Waals surface area contributed by atoms with Crippen LogP contribution >= 0.6 is 11.6 Å². The van der Waals surface area contributed by atoms with Crippen molar-refractivity contribution < 1.29 is 14.4 Å². The molecule has 29 heavy (non-hydrogen) atoms. The number of carbonyl (C=O) groups is 1. The number of methoxy groups -OCH3 is 1. The van der Waals surface area contributed by atoms with Crippen LogP contribution in [0.5, 0.6) is 5.75 Å². The van der Waals surface area contributed by atoms with Crippen LogP contribution in [0.4, 0.5) is 5.69 Å². The van der Waals surface area contributed by atoms with Gasteiger partial charge in [-0.25, -0.2) is 4.68 Å². The van der Waals surface area contributed by atoms with E-state index in [-0.39, 0.29) is 5.91 Å². The normalized spacial score (nSPS) is 11.9. The minimum atomic E-state index is -0.0735. The Kier molecular flexibility index (Phi) is 6.90. The van der Waals surface area contributed by atoms with Gasteiger partial charge < -0.3 is 15.0 Å². The Balaban J connectivity index is 1.72. The van der Waals surface area contributed by atoms with Crippen molar-refractivity contribution in [1.29, 1.82) is 0 Å². The molecule has 1 unspecified atom stereocenters. The molecule has 0 aliphatic carbocycles. The Morgan fingerprint density at radius 3 is 2.55 bits per heavy atom. The molecule has 0 aliphatic rings. The first-order valence-corrected chi connectivity index (χ1v) is 9.97. The maximum atomic E-state index is 12.6. The molecular weight excluding hydrogens is 388 g/mol. The van der Waals surface area contributed by atoms with E-state index in [1.165, 1.54) is 0 Å². The molecule has 6 nitrogen and oxygen atoms in total. The third-order valence-corrected chi connectivity index (χ3v) is 5.23. The summed E-state index contributed by atoms with van der Waals surface area (Å²) in [6.45, 7) is 5.72. The Morgan fingerprint density at radius 2 is 1.86 bits per heavy atom. The first kappa shape index (κ1) is 20.9. The highest BCUT2D eigenvalue weighted by Crippen LogP contribution is 2.23. The second kappa shape index (κ2) is 9.58. The number of rotatable bonds is 8. The fourth-order valence-electron chi connectivity index (χ4n) is 3.20. The Hall–Kier alpha value is -2.83. The molecule has 0 spiro atoms. The highest BCUT2D eigenvalue weighted by molar-refractivity contribution is 6.30. The molecular formula is C22H26ClN4O2+. The van der Waals surface area contributed by atoms with Gasteiger partial charge in [0, 0.05) is 0 Å². The molecule has 2 N–H and O–H groups in total. The van der Waals surface area contributed by atoms with E-state index in [2.05, 4.69) is 17.3 Å². The number of para-hydroxylation sites is 3. The first-order chi connectivity index (χ1) is 14.0. The summed E-state index contributed by atoms with van der Waals surface area (Å²) in [6.07, 6.45) is 0. The molecule has 0 aliphatic heterocycles. The van der Waals surface area contributed by atoms with Gasteiger partial charge in [-0.2, -0.15) is 5.10 Å². The van der Waals surface area contributed by atoms with Gasteiger partial charge >= 0.3 is 0 Å². The zero-order chi connectivity index (χ0) is 20.8. The number of quaternary nitrogens is 1. The Labute approximate surface area is 176 Å². The molecule has 1 amide bonds. The highest BCUT2D eigenvalue weighted by Gasteiger charge is 2.21. The molecule has 0 radical (unpaired) electrons. The van der Waals surface area contributed by atoms with Gasteiger partial charge in [-0.05, 0) is 38.1 Å². The van der Waals surface area contributed by atoms with Gasteiger partial charge in [0.05, 0.1) is 36.3 Å². The summed E-state index contributed by atoms with van der Waals surface area (Å²) in [5.74, 6) is 0.567. The van der Waals surface area contributed by atoms with Crippen LogP contribution in [0.1, 0.15) is 18.2 Å². The molecule has 3 aromatic rings. The monoisotopic (exact) mass is 413 g/mol. The lowest BCUT2D eigenvalue weighted by Crippen LogP contribution is -3.11. The largest absolute Gasteiger partial charge is 0.495 e. The van der Waals surface area contributed by atoms with Crippen molar-refractivity contribution in [2.75, 3.05) is 25.5 Å². The van der Waals surface area contributed by atoms with Gasteiger partial charge in [0.25, 0.3) is 5.91 Å². The predicted molar refractivity (Wildman–Crippen MR) is 115 cm³/mol. The van der Waals surface area contributed by atoms with Gasteiger partial charge in [-0.15, -0.1) is 0 Å². The van der Waals surface area contributed by atoms with Gasteiger partial charge in [0.2, 0.25) is 0 Å². The van der Waals surface area contributed by atoms with E-state index in [1.54, 1.807) is 11.8 Å². The molecule has 152 valence electrons. The number of benzene rings is 2. The maximum absolute atomic E-state index is 12.6. The predicted octanol–water partition coefficient (Wildman–Crippen LogP) is 2.89. The summed E-state index contributed by atoms with van der Waals surface area (Å²) in [6, 6.07) is 17.2.